The molecule has 3 rings (SSSR count). The molecular weight excluding hydrogens is 232 g/mol. The number of nitrogens with one attached hydrogen (secondary N) is 1. The Balaban J connectivity index is 1.86. The number of nitrogens with two attached hydrogens (primary N) is 1. The molecule has 7 nitrogen and oxygen atoms in total. The minimum Gasteiger partial charge on any atom is -0.467 e. The zero-order valence-electron chi connectivity index (χ0n) is 10.5. The maximum atomic E-state index is 5.37. The first-order valence-electron chi connectivity index (χ1n) is 6.33. The van der Waals surface area contributed by atoms with Gasteiger partial charge in [0.1, 0.15) is 0 Å². The molecule has 2 saturated carbocycles. The highest BCUT2D eigenvalue weighted by atomic mass is 16.5. The van der Waals surface area contributed by atoms with Gasteiger partial charge < -0.3 is 9.64 Å². The van der Waals surface area contributed by atoms with Crippen molar-refractivity contribution in [2.75, 3.05) is 24.0 Å². The largest absolute Gasteiger partial charge is 0.467 e. The molecule has 0 spiro atoms. The second-order valence-corrected chi connectivity index (χ2v) is 4.92. The highest BCUT2D eigenvalue weighted by molar-refractivity contribution is 5.40. The van der Waals surface area contributed by atoms with E-state index in [1.54, 1.807) is 7.11 Å². The van der Waals surface area contributed by atoms with Gasteiger partial charge in [-0.05, 0) is 31.6 Å². The fourth-order valence-corrected chi connectivity index (χ4v) is 1.99. The quantitative estimate of drug-likeness (QED) is 0.562. The van der Waals surface area contributed by atoms with Crippen molar-refractivity contribution in [2.45, 2.75) is 31.7 Å². The summed E-state index contributed by atoms with van der Waals surface area (Å²) in [5.74, 6) is 7.18. The van der Waals surface area contributed by atoms with Gasteiger partial charge >= 0.3 is 6.01 Å². The molecule has 2 aliphatic carbocycles. The van der Waals surface area contributed by atoms with E-state index in [9.17, 15) is 0 Å². The van der Waals surface area contributed by atoms with Crippen LogP contribution in [0.5, 0.6) is 6.01 Å². The molecule has 0 bridgehead atoms. The summed E-state index contributed by atoms with van der Waals surface area (Å²) in [4.78, 5) is 14.9. The fourth-order valence-electron chi connectivity index (χ4n) is 1.99. The third-order valence-corrected chi connectivity index (χ3v) is 3.31. The number of hydrogen-bond donors (Lipinski definition) is 2. The molecule has 0 radical (unpaired) electrons. The maximum Gasteiger partial charge on any atom is 0.322 e. The number of aromatic nitrogens is 3. The second-order valence-electron chi connectivity index (χ2n) is 4.92. The zero-order valence-corrected chi connectivity index (χ0v) is 10.5. The zero-order chi connectivity index (χ0) is 12.5. The number of rotatable bonds is 6. The first kappa shape index (κ1) is 11.5. The van der Waals surface area contributed by atoms with E-state index in [1.165, 1.54) is 25.7 Å². The smallest absolute Gasteiger partial charge is 0.322 e. The lowest BCUT2D eigenvalue weighted by Crippen LogP contribution is -2.30. The molecule has 0 unspecified atom stereocenters. The first-order chi connectivity index (χ1) is 8.80. The van der Waals surface area contributed by atoms with Gasteiger partial charge in [0.05, 0.1) is 7.11 Å². The van der Waals surface area contributed by atoms with Crippen molar-refractivity contribution in [1.82, 2.24) is 15.0 Å². The average Bonchev–Trinajstić information content (AvgIpc) is 3.28. The summed E-state index contributed by atoms with van der Waals surface area (Å²) < 4.78 is 5.08. The van der Waals surface area contributed by atoms with Crippen molar-refractivity contribution in [2.24, 2.45) is 11.8 Å². The number of methoxy groups -OCH3 is 1. The van der Waals surface area contributed by atoms with E-state index >= 15 is 0 Å². The van der Waals surface area contributed by atoms with E-state index in [2.05, 4.69) is 25.3 Å². The molecular formula is C11H18N6O. The minimum absolute atomic E-state index is 0.300. The van der Waals surface area contributed by atoms with Crippen LogP contribution in [-0.4, -0.2) is 34.6 Å². The molecule has 2 fully saturated rings. The summed E-state index contributed by atoms with van der Waals surface area (Å²) in [6.45, 7) is 1.03. The summed E-state index contributed by atoms with van der Waals surface area (Å²) in [5, 5.41) is 0. The molecule has 98 valence electrons. The Morgan fingerprint density at radius 1 is 1.28 bits per heavy atom. The number of hydrogen-bond acceptors (Lipinski definition) is 7. The van der Waals surface area contributed by atoms with Gasteiger partial charge in [-0.15, -0.1) is 0 Å². The lowest BCUT2D eigenvalue weighted by Gasteiger charge is -2.22. The SMILES string of the molecule is COc1nc(NN)nc(N(CC2CC2)C2CC2)n1. The van der Waals surface area contributed by atoms with Crippen LogP contribution in [0.2, 0.25) is 0 Å². The van der Waals surface area contributed by atoms with Crippen LogP contribution < -0.4 is 20.9 Å². The molecule has 1 aromatic rings. The average molecular weight is 250 g/mol. The van der Waals surface area contributed by atoms with E-state index in [0.29, 0.717) is 23.9 Å². The van der Waals surface area contributed by atoms with Crippen LogP contribution in [0.25, 0.3) is 0 Å². The number of ether oxygens (including phenoxy) is 1. The Hall–Kier alpha value is -1.63. The van der Waals surface area contributed by atoms with E-state index in [4.69, 9.17) is 10.6 Å². The topological polar surface area (TPSA) is 89.2 Å². The normalized spacial score (nSPS) is 18.6. The van der Waals surface area contributed by atoms with Gasteiger partial charge in [0.2, 0.25) is 11.9 Å². The van der Waals surface area contributed by atoms with Crippen LogP contribution in [0.3, 0.4) is 0 Å². The van der Waals surface area contributed by atoms with Gasteiger partial charge in [0, 0.05) is 12.6 Å². The highest BCUT2D eigenvalue weighted by Gasteiger charge is 2.35. The Labute approximate surface area is 106 Å². The van der Waals surface area contributed by atoms with E-state index in [0.717, 1.165) is 12.5 Å². The predicted molar refractivity (Wildman–Crippen MR) is 67.3 cm³/mol. The number of hydrazine groups is 1. The van der Waals surface area contributed by atoms with Crippen LogP contribution >= 0.6 is 0 Å². The summed E-state index contributed by atoms with van der Waals surface area (Å²) in [6.07, 6.45) is 5.05. The van der Waals surface area contributed by atoms with Crippen molar-refractivity contribution in [1.29, 1.82) is 0 Å². The fraction of sp³-hybridized carbons (Fsp3) is 0.727. The Morgan fingerprint density at radius 2 is 2.06 bits per heavy atom. The standard InChI is InChI=1S/C11H18N6O/c1-18-11-14-9(16-12)13-10(15-11)17(8-4-5-8)6-7-2-3-7/h7-8H,2-6,12H2,1H3,(H,13,14,15,16). The number of nitrogens with zero attached hydrogens (tertiary/aromatic N) is 4. The lowest BCUT2D eigenvalue weighted by atomic mass is 10.3. The summed E-state index contributed by atoms with van der Waals surface area (Å²) in [5.41, 5.74) is 2.46. The summed E-state index contributed by atoms with van der Waals surface area (Å²) in [6, 6.07) is 0.873. The first-order valence-corrected chi connectivity index (χ1v) is 6.33. The molecule has 18 heavy (non-hydrogen) atoms. The van der Waals surface area contributed by atoms with Crippen LogP contribution in [0.4, 0.5) is 11.9 Å². The third-order valence-electron chi connectivity index (χ3n) is 3.31. The van der Waals surface area contributed by atoms with Gasteiger partial charge in [0.25, 0.3) is 0 Å². The van der Waals surface area contributed by atoms with Gasteiger partial charge in [0.15, 0.2) is 0 Å². The van der Waals surface area contributed by atoms with Gasteiger partial charge in [-0.1, -0.05) is 0 Å². The number of nitrogen functional groups attached to an aromatic ring is 1. The van der Waals surface area contributed by atoms with Gasteiger partial charge in [-0.25, -0.2) is 5.84 Å². The molecule has 0 aliphatic heterocycles. The predicted octanol–water partition coefficient (Wildman–Crippen LogP) is 0.545. The van der Waals surface area contributed by atoms with Gasteiger partial charge in [-0.3, -0.25) is 5.43 Å². The monoisotopic (exact) mass is 250 g/mol. The molecule has 3 N–H and O–H groups in total. The van der Waals surface area contributed by atoms with Crippen LogP contribution in [0.15, 0.2) is 0 Å². The van der Waals surface area contributed by atoms with Crippen molar-refractivity contribution in [3.63, 3.8) is 0 Å². The van der Waals surface area contributed by atoms with E-state index in [-0.39, 0.29) is 0 Å². The molecule has 0 aromatic carbocycles. The van der Waals surface area contributed by atoms with Crippen LogP contribution in [0, 0.1) is 5.92 Å². The van der Waals surface area contributed by atoms with Crippen molar-refractivity contribution < 1.29 is 4.74 Å². The van der Waals surface area contributed by atoms with Crippen molar-refractivity contribution in [3.05, 3.63) is 0 Å². The van der Waals surface area contributed by atoms with Crippen LogP contribution in [0.1, 0.15) is 25.7 Å². The highest BCUT2D eigenvalue weighted by Crippen LogP contribution is 2.36. The molecule has 2 aliphatic rings. The van der Waals surface area contributed by atoms with Crippen molar-refractivity contribution >= 4 is 11.9 Å². The molecule has 0 atom stereocenters. The van der Waals surface area contributed by atoms with Crippen LogP contribution in [-0.2, 0) is 0 Å². The second kappa shape index (κ2) is 4.56. The molecule has 0 amide bonds. The molecule has 1 aromatic heterocycles. The summed E-state index contributed by atoms with van der Waals surface area (Å²) in [7, 11) is 1.54. The lowest BCUT2D eigenvalue weighted by molar-refractivity contribution is 0.378. The third kappa shape index (κ3) is 2.45. The van der Waals surface area contributed by atoms with Gasteiger partial charge in [-0.2, -0.15) is 15.0 Å². The van der Waals surface area contributed by atoms with E-state index in [1.807, 2.05) is 0 Å². The van der Waals surface area contributed by atoms with Crippen molar-refractivity contribution in [3.8, 4) is 6.01 Å². The Bertz CT molecular complexity index is 409. The molecule has 0 saturated heterocycles. The minimum atomic E-state index is 0.300. The maximum absolute atomic E-state index is 5.37. The Kier molecular flexibility index (Phi) is 2.91. The molecule has 1 heterocycles. The molecule has 7 heteroatoms. The Morgan fingerprint density at radius 3 is 2.61 bits per heavy atom. The number of anilines is 2. The summed E-state index contributed by atoms with van der Waals surface area (Å²) >= 11 is 0. The van der Waals surface area contributed by atoms with E-state index < -0.39 is 0 Å².